The molecular weight excluding hydrogens is 602 g/mol. The molecule has 0 bridgehead atoms. The van der Waals surface area contributed by atoms with Crippen molar-refractivity contribution >= 4 is 45.1 Å². The van der Waals surface area contributed by atoms with Gasteiger partial charge < -0.3 is 20.3 Å². The molecule has 11 nitrogen and oxygen atoms in total. The average molecular weight is 634 g/mol. The fourth-order valence-corrected chi connectivity index (χ4v) is 4.96. The minimum absolute atomic E-state index is 0.0926. The Bertz CT molecular complexity index is 1850. The van der Waals surface area contributed by atoms with E-state index in [1.165, 1.54) is 23.2 Å². The zero-order valence-corrected chi connectivity index (χ0v) is 26.2. The molecule has 6 aromatic rings. The molecule has 0 aliphatic heterocycles. The Balaban J connectivity index is 0.000000635. The van der Waals surface area contributed by atoms with E-state index in [0.29, 0.717) is 11.0 Å². The second kappa shape index (κ2) is 14.3. The maximum atomic E-state index is 13.6. The molecule has 46 heavy (non-hydrogen) atoms. The summed E-state index contributed by atoms with van der Waals surface area (Å²) < 4.78 is 0. The topological polar surface area (TPSA) is 138 Å². The lowest BCUT2D eigenvalue weighted by atomic mass is 9.80. The number of hydrogen-bond acceptors (Lipinski definition) is 10. The summed E-state index contributed by atoms with van der Waals surface area (Å²) in [4.78, 5) is 42.6. The molecule has 2 N–H and O–H groups in total. The minimum Gasteiger partial charge on any atom is -0.375 e. The van der Waals surface area contributed by atoms with Crippen LogP contribution in [-0.2, 0) is 20.0 Å². The summed E-state index contributed by atoms with van der Waals surface area (Å²) in [5, 5.41) is 14.3. The molecule has 0 atom stereocenters. The van der Waals surface area contributed by atoms with Gasteiger partial charge in [-0.25, -0.2) is 9.78 Å². The maximum Gasteiger partial charge on any atom is 0.389 e. The van der Waals surface area contributed by atoms with Gasteiger partial charge >= 0.3 is 5.97 Å². The van der Waals surface area contributed by atoms with Gasteiger partial charge in [-0.15, -0.1) is 16.4 Å². The number of aromatic nitrogens is 4. The number of anilines is 1. The number of oxime groups is 1. The highest BCUT2D eigenvalue weighted by atomic mass is 32.1. The molecular formula is C34H31N7O4S. The SMILES string of the molecule is CC(=O)N(C)C.Nc1nc(/C(=N/OC(c2ccccc2)(c2ccccc2)c2ccccc2)C(=O)On2nnc3ccccc32)cs1. The Labute approximate surface area is 269 Å². The zero-order valence-electron chi connectivity index (χ0n) is 25.3. The van der Waals surface area contributed by atoms with Crippen LogP contribution in [0.25, 0.3) is 11.0 Å². The molecule has 2 aromatic heterocycles. The molecule has 0 saturated carbocycles. The number of fused-ring (bicyclic) bond motifs is 1. The van der Waals surface area contributed by atoms with Crippen molar-refractivity contribution in [3.8, 4) is 0 Å². The van der Waals surface area contributed by atoms with Crippen molar-refractivity contribution in [3.63, 3.8) is 0 Å². The van der Waals surface area contributed by atoms with Gasteiger partial charge in [0.15, 0.2) is 5.13 Å². The highest BCUT2D eigenvalue weighted by Crippen LogP contribution is 2.40. The number of hydrogen-bond donors (Lipinski definition) is 1. The molecule has 232 valence electrons. The van der Waals surface area contributed by atoms with Crippen LogP contribution in [0.2, 0.25) is 0 Å². The number of rotatable bonds is 8. The average Bonchev–Trinajstić information content (AvgIpc) is 3.70. The van der Waals surface area contributed by atoms with Crippen LogP contribution in [0.1, 0.15) is 29.3 Å². The number of carbonyl (C=O) groups is 2. The van der Waals surface area contributed by atoms with E-state index in [-0.39, 0.29) is 22.4 Å². The lowest BCUT2D eigenvalue weighted by molar-refractivity contribution is -0.137. The summed E-state index contributed by atoms with van der Waals surface area (Å²) in [7, 11) is 3.45. The molecule has 0 saturated heterocycles. The normalized spacial score (nSPS) is 11.3. The molecule has 2 heterocycles. The maximum absolute atomic E-state index is 13.6. The summed E-state index contributed by atoms with van der Waals surface area (Å²) in [5.74, 6) is -0.751. The van der Waals surface area contributed by atoms with Crippen molar-refractivity contribution in [1.82, 2.24) is 25.0 Å². The van der Waals surface area contributed by atoms with Crippen LogP contribution in [0.5, 0.6) is 0 Å². The van der Waals surface area contributed by atoms with E-state index in [1.807, 2.05) is 97.1 Å². The second-order valence-electron chi connectivity index (χ2n) is 10.1. The quantitative estimate of drug-likeness (QED) is 0.108. The van der Waals surface area contributed by atoms with Crippen molar-refractivity contribution in [1.29, 1.82) is 0 Å². The number of nitrogens with two attached hydrogens (primary N) is 1. The molecule has 0 aliphatic rings. The third-order valence-electron chi connectivity index (χ3n) is 6.89. The van der Waals surface area contributed by atoms with E-state index in [1.54, 1.807) is 37.7 Å². The standard InChI is InChI=1S/C30H22N6O3S.C4H9NO/c31-29-32-25(20-40-29)27(28(37)38-36-26-19-11-10-18-24(26)33-35-36)34-39-30(21-12-4-1-5-13-21,22-14-6-2-7-15-22)23-16-8-3-9-17-23;1-4(6)5(2)3/h1-20H,(H2,31,32);1-3H3/b34-27-;. The van der Waals surface area contributed by atoms with E-state index in [0.717, 1.165) is 21.5 Å². The van der Waals surface area contributed by atoms with Gasteiger partial charge in [0.1, 0.15) is 16.7 Å². The summed E-state index contributed by atoms with van der Waals surface area (Å²) >= 11 is 1.17. The van der Waals surface area contributed by atoms with Crippen molar-refractivity contribution < 1.29 is 19.3 Å². The molecule has 0 radical (unpaired) electrons. The Morgan fingerprint density at radius 2 is 1.33 bits per heavy atom. The summed E-state index contributed by atoms with van der Waals surface area (Å²) in [6.07, 6.45) is 0. The number of nitrogen functional groups attached to an aromatic ring is 1. The predicted molar refractivity (Wildman–Crippen MR) is 177 cm³/mol. The third-order valence-corrected chi connectivity index (χ3v) is 7.57. The first-order valence-electron chi connectivity index (χ1n) is 14.1. The number of thiazole rings is 1. The van der Waals surface area contributed by atoms with E-state index >= 15 is 0 Å². The summed E-state index contributed by atoms with van der Waals surface area (Å²) in [6.45, 7) is 1.53. The number of nitrogens with zero attached hydrogens (tertiary/aromatic N) is 6. The highest BCUT2D eigenvalue weighted by molar-refractivity contribution is 7.13. The van der Waals surface area contributed by atoms with Gasteiger partial charge in [0, 0.05) is 43.1 Å². The third kappa shape index (κ3) is 6.92. The van der Waals surface area contributed by atoms with Gasteiger partial charge in [-0.2, -0.15) is 0 Å². The van der Waals surface area contributed by atoms with Crippen LogP contribution in [0.15, 0.2) is 126 Å². The summed E-state index contributed by atoms with van der Waals surface area (Å²) in [6, 6.07) is 36.2. The van der Waals surface area contributed by atoms with Gasteiger partial charge in [-0.1, -0.05) is 113 Å². The van der Waals surface area contributed by atoms with Crippen molar-refractivity contribution in [2.75, 3.05) is 19.8 Å². The second-order valence-corrected chi connectivity index (χ2v) is 11.0. The van der Waals surface area contributed by atoms with E-state index in [4.69, 9.17) is 15.4 Å². The lowest BCUT2D eigenvalue weighted by Crippen LogP contribution is -2.34. The first-order valence-corrected chi connectivity index (χ1v) is 15.0. The monoisotopic (exact) mass is 633 g/mol. The van der Waals surface area contributed by atoms with Gasteiger partial charge in [0.25, 0.3) is 0 Å². The van der Waals surface area contributed by atoms with E-state index in [9.17, 15) is 9.59 Å². The molecule has 0 unspecified atom stereocenters. The van der Waals surface area contributed by atoms with Crippen molar-refractivity contribution in [2.45, 2.75) is 12.5 Å². The van der Waals surface area contributed by atoms with Crippen molar-refractivity contribution in [2.24, 2.45) is 5.16 Å². The fourth-order valence-electron chi connectivity index (χ4n) is 4.41. The predicted octanol–water partition coefficient (Wildman–Crippen LogP) is 4.93. The molecule has 12 heteroatoms. The minimum atomic E-state index is -1.21. The summed E-state index contributed by atoms with van der Waals surface area (Å²) in [5.41, 5.74) is 8.24. The first-order chi connectivity index (χ1) is 22.3. The van der Waals surface area contributed by atoms with Crippen molar-refractivity contribution in [3.05, 3.63) is 143 Å². The largest absolute Gasteiger partial charge is 0.389 e. The Morgan fingerprint density at radius 1 is 0.826 bits per heavy atom. The molecule has 4 aromatic carbocycles. The fraction of sp³-hybridized carbons (Fsp3) is 0.118. The lowest BCUT2D eigenvalue weighted by Gasteiger charge is -2.33. The molecule has 0 aliphatic carbocycles. The molecule has 6 rings (SSSR count). The van der Waals surface area contributed by atoms with Crippen LogP contribution in [0, 0.1) is 0 Å². The molecule has 0 spiro atoms. The molecule has 0 fully saturated rings. The van der Waals surface area contributed by atoms with Gasteiger partial charge in [-0.3, -0.25) is 4.79 Å². The number of para-hydroxylation sites is 1. The Hall–Kier alpha value is -5.88. The van der Waals surface area contributed by atoms with Crippen LogP contribution in [-0.4, -0.2) is 56.7 Å². The first kappa shape index (κ1) is 31.5. The van der Waals surface area contributed by atoms with Crippen LogP contribution in [0.3, 0.4) is 0 Å². The van der Waals surface area contributed by atoms with Gasteiger partial charge in [0.05, 0.1) is 0 Å². The van der Waals surface area contributed by atoms with Crippen LogP contribution in [0.4, 0.5) is 5.13 Å². The van der Waals surface area contributed by atoms with E-state index in [2.05, 4.69) is 20.5 Å². The van der Waals surface area contributed by atoms with Gasteiger partial charge in [-0.05, 0) is 17.3 Å². The zero-order chi connectivity index (χ0) is 32.5. The number of amides is 1. The van der Waals surface area contributed by atoms with Crippen LogP contribution >= 0.6 is 11.3 Å². The number of carbonyl (C=O) groups excluding carboxylic acids is 2. The Morgan fingerprint density at radius 3 is 1.80 bits per heavy atom. The van der Waals surface area contributed by atoms with Crippen LogP contribution < -0.4 is 10.6 Å². The highest BCUT2D eigenvalue weighted by Gasteiger charge is 2.40. The van der Waals surface area contributed by atoms with Gasteiger partial charge in [0.2, 0.25) is 17.2 Å². The molecule has 1 amide bonds. The van der Waals surface area contributed by atoms with E-state index < -0.39 is 11.6 Å². The number of benzene rings is 4. The smallest absolute Gasteiger partial charge is 0.375 e. The Kier molecular flexibility index (Phi) is 9.78.